The largest absolute Gasteiger partial charge is 0.321 e. The number of carbonyl (C=O) groups excluding carboxylic acids is 1. The minimum Gasteiger partial charge on any atom is -0.321 e. The predicted octanol–water partition coefficient (Wildman–Crippen LogP) is 5.21. The number of amides is 1. The normalized spacial score (nSPS) is 11.2. The second-order valence-corrected chi connectivity index (χ2v) is 8.11. The Labute approximate surface area is 176 Å². The first-order valence-electron chi connectivity index (χ1n) is 9.33. The van der Waals surface area contributed by atoms with E-state index in [1.165, 1.54) is 23.5 Å². The van der Waals surface area contributed by atoms with E-state index in [9.17, 15) is 14.9 Å². The first kappa shape index (κ1) is 19.7. The van der Waals surface area contributed by atoms with E-state index in [1.54, 1.807) is 29.9 Å². The van der Waals surface area contributed by atoms with Gasteiger partial charge in [0.2, 0.25) is 0 Å². The zero-order valence-corrected chi connectivity index (χ0v) is 17.4. The molecule has 0 radical (unpaired) electrons. The van der Waals surface area contributed by atoms with Gasteiger partial charge >= 0.3 is 0 Å². The minimum atomic E-state index is -0.485. The fourth-order valence-electron chi connectivity index (χ4n) is 3.18. The van der Waals surface area contributed by atoms with Gasteiger partial charge in [-0.25, -0.2) is 9.67 Å². The van der Waals surface area contributed by atoms with Crippen molar-refractivity contribution >= 4 is 39.7 Å². The molecule has 8 nitrogen and oxygen atoms in total. The lowest BCUT2D eigenvalue weighted by atomic mass is 10.1. The van der Waals surface area contributed by atoms with Crippen molar-refractivity contribution in [2.45, 2.75) is 26.8 Å². The molecule has 0 saturated heterocycles. The second-order valence-electron chi connectivity index (χ2n) is 7.16. The Morgan fingerprint density at radius 3 is 2.73 bits per heavy atom. The summed E-state index contributed by atoms with van der Waals surface area (Å²) in [6, 6.07) is 10.1. The van der Waals surface area contributed by atoms with Gasteiger partial charge in [0.15, 0.2) is 5.65 Å². The number of pyridine rings is 1. The first-order chi connectivity index (χ1) is 14.3. The minimum absolute atomic E-state index is 0.0727. The summed E-state index contributed by atoms with van der Waals surface area (Å²) in [7, 11) is 0. The molecule has 4 aromatic rings. The summed E-state index contributed by atoms with van der Waals surface area (Å²) in [6.07, 6.45) is 1.63. The van der Waals surface area contributed by atoms with Gasteiger partial charge in [0.1, 0.15) is 0 Å². The predicted molar refractivity (Wildman–Crippen MR) is 117 cm³/mol. The molecule has 3 aromatic heterocycles. The maximum absolute atomic E-state index is 13.2. The molecule has 0 aliphatic carbocycles. The molecule has 0 bridgehead atoms. The van der Waals surface area contributed by atoms with Crippen LogP contribution >= 0.6 is 11.3 Å². The highest BCUT2D eigenvalue weighted by Gasteiger charge is 2.20. The number of nitrogens with zero attached hydrogens (tertiary/aromatic N) is 4. The summed E-state index contributed by atoms with van der Waals surface area (Å²) in [5, 5.41) is 20.9. The highest BCUT2D eigenvalue weighted by molar-refractivity contribution is 7.13. The fourth-order valence-corrected chi connectivity index (χ4v) is 3.87. The second kappa shape index (κ2) is 7.68. The fraction of sp³-hybridized carbons (Fsp3) is 0.190. The lowest BCUT2D eigenvalue weighted by Crippen LogP contribution is -2.14. The summed E-state index contributed by atoms with van der Waals surface area (Å²) >= 11 is 1.53. The van der Waals surface area contributed by atoms with Gasteiger partial charge < -0.3 is 5.32 Å². The zero-order chi connectivity index (χ0) is 21.4. The van der Waals surface area contributed by atoms with Gasteiger partial charge in [0, 0.05) is 18.2 Å². The molecule has 0 saturated carbocycles. The van der Waals surface area contributed by atoms with E-state index in [4.69, 9.17) is 4.98 Å². The molecule has 3 heterocycles. The number of benzene rings is 1. The molecule has 1 N–H and O–H groups in total. The maximum Gasteiger partial charge on any atom is 0.271 e. The van der Waals surface area contributed by atoms with Crippen LogP contribution in [0.1, 0.15) is 35.8 Å². The van der Waals surface area contributed by atoms with Gasteiger partial charge in [-0.3, -0.25) is 14.9 Å². The van der Waals surface area contributed by atoms with E-state index >= 15 is 0 Å². The Kier molecular flexibility index (Phi) is 5.04. The van der Waals surface area contributed by atoms with E-state index in [1.807, 2.05) is 31.4 Å². The quantitative estimate of drug-likeness (QED) is 0.352. The molecular weight excluding hydrogens is 402 g/mol. The first-order valence-corrected chi connectivity index (χ1v) is 10.2. The van der Waals surface area contributed by atoms with E-state index in [0.717, 1.165) is 10.4 Å². The van der Waals surface area contributed by atoms with E-state index in [-0.39, 0.29) is 17.6 Å². The number of aromatic nitrogens is 3. The highest BCUT2D eigenvalue weighted by Crippen LogP contribution is 2.30. The number of hydrogen-bond donors (Lipinski definition) is 1. The van der Waals surface area contributed by atoms with Crippen LogP contribution in [-0.4, -0.2) is 25.6 Å². The molecule has 1 aromatic carbocycles. The van der Waals surface area contributed by atoms with Crippen LogP contribution in [0.25, 0.3) is 21.6 Å². The van der Waals surface area contributed by atoms with Crippen molar-refractivity contribution < 1.29 is 9.72 Å². The number of anilines is 1. The van der Waals surface area contributed by atoms with Gasteiger partial charge in [0.05, 0.1) is 38.3 Å². The molecule has 152 valence electrons. The zero-order valence-electron chi connectivity index (χ0n) is 16.6. The molecule has 30 heavy (non-hydrogen) atoms. The number of nitrogens with one attached hydrogen (secondary N) is 1. The Bertz CT molecular complexity index is 1260. The molecule has 0 aliphatic heterocycles. The van der Waals surface area contributed by atoms with Gasteiger partial charge in [0.25, 0.3) is 11.6 Å². The van der Waals surface area contributed by atoms with Crippen LogP contribution in [0, 0.1) is 17.0 Å². The summed E-state index contributed by atoms with van der Waals surface area (Å²) in [5.41, 5.74) is 2.77. The van der Waals surface area contributed by atoms with Gasteiger partial charge in [-0.2, -0.15) is 5.10 Å². The smallest absolute Gasteiger partial charge is 0.271 e. The van der Waals surface area contributed by atoms with Crippen molar-refractivity contribution in [2.24, 2.45) is 0 Å². The number of rotatable bonds is 5. The number of aryl methyl sites for hydroxylation is 1. The van der Waals surface area contributed by atoms with Gasteiger partial charge in [-0.05, 0) is 43.8 Å². The monoisotopic (exact) mass is 421 g/mol. The van der Waals surface area contributed by atoms with Crippen LogP contribution < -0.4 is 5.32 Å². The lowest BCUT2D eigenvalue weighted by molar-refractivity contribution is -0.384. The molecule has 9 heteroatoms. The molecular formula is C21H19N5O3S. The summed E-state index contributed by atoms with van der Waals surface area (Å²) < 4.78 is 1.78. The van der Waals surface area contributed by atoms with Crippen LogP contribution in [0.15, 0.2) is 48.0 Å². The molecule has 1 amide bonds. The molecule has 0 unspecified atom stereocenters. The number of non-ortho nitro benzene ring substituents is 1. The molecule has 0 atom stereocenters. The van der Waals surface area contributed by atoms with E-state index in [2.05, 4.69) is 10.4 Å². The van der Waals surface area contributed by atoms with Gasteiger partial charge in [-0.1, -0.05) is 12.1 Å². The van der Waals surface area contributed by atoms with Crippen molar-refractivity contribution in [1.82, 2.24) is 14.8 Å². The van der Waals surface area contributed by atoms with Crippen LogP contribution in [0.2, 0.25) is 0 Å². The number of hydrogen-bond acceptors (Lipinski definition) is 6. The number of fused-ring (bicyclic) bond motifs is 1. The van der Waals surface area contributed by atoms with Crippen molar-refractivity contribution in [2.75, 3.05) is 5.32 Å². The van der Waals surface area contributed by atoms with Crippen molar-refractivity contribution in [3.63, 3.8) is 0 Å². The van der Waals surface area contributed by atoms with Gasteiger partial charge in [-0.15, -0.1) is 11.3 Å². The number of thiophene rings is 1. The van der Waals surface area contributed by atoms with E-state index < -0.39 is 4.92 Å². The van der Waals surface area contributed by atoms with E-state index in [0.29, 0.717) is 28.0 Å². The van der Waals surface area contributed by atoms with Crippen LogP contribution in [-0.2, 0) is 0 Å². The molecule has 0 fully saturated rings. The standard InChI is InChI=1S/C21H19N5O3S/c1-12(2)25-20-16(11-22-25)15(10-18(23-20)19-5-4-8-30-19)21(27)24-17-9-14(26(28)29)7-6-13(17)3/h4-12H,1-3H3,(H,24,27). The maximum atomic E-state index is 13.2. The highest BCUT2D eigenvalue weighted by atomic mass is 32.1. The average Bonchev–Trinajstić information content (AvgIpc) is 3.38. The molecule has 4 rings (SSSR count). The third-order valence-corrected chi connectivity index (χ3v) is 5.65. The SMILES string of the molecule is Cc1ccc([N+](=O)[O-])cc1NC(=O)c1cc(-c2cccs2)nc2c1cnn2C(C)C. The Balaban J connectivity index is 1.83. The Morgan fingerprint density at radius 2 is 2.07 bits per heavy atom. The van der Waals surface area contributed by atoms with Crippen molar-refractivity contribution in [1.29, 1.82) is 0 Å². The average molecular weight is 421 g/mol. The van der Waals surface area contributed by atoms with Crippen LogP contribution in [0.3, 0.4) is 0 Å². The molecule has 0 spiro atoms. The third-order valence-electron chi connectivity index (χ3n) is 4.75. The van der Waals surface area contributed by atoms with Crippen molar-refractivity contribution in [3.05, 3.63) is 69.2 Å². The summed E-state index contributed by atoms with van der Waals surface area (Å²) in [5.74, 6) is -0.368. The number of nitro benzene ring substituents is 1. The molecule has 0 aliphatic rings. The van der Waals surface area contributed by atoms with Crippen LogP contribution in [0.4, 0.5) is 11.4 Å². The Morgan fingerprint density at radius 1 is 1.27 bits per heavy atom. The lowest BCUT2D eigenvalue weighted by Gasteiger charge is -2.11. The number of carbonyl (C=O) groups is 1. The van der Waals surface area contributed by atoms with Crippen molar-refractivity contribution in [3.8, 4) is 10.6 Å². The topological polar surface area (TPSA) is 103 Å². The Hall–Kier alpha value is -3.59. The summed E-state index contributed by atoms with van der Waals surface area (Å²) in [4.78, 5) is 29.5. The van der Waals surface area contributed by atoms with Crippen LogP contribution in [0.5, 0.6) is 0 Å². The summed E-state index contributed by atoms with van der Waals surface area (Å²) in [6.45, 7) is 5.78. The third kappa shape index (κ3) is 3.55. The number of nitro groups is 1.